The van der Waals surface area contributed by atoms with Crippen molar-refractivity contribution in [1.82, 2.24) is 4.98 Å². The molecule has 4 heteroatoms. The van der Waals surface area contributed by atoms with Gasteiger partial charge in [-0.3, -0.25) is 4.79 Å². The third-order valence-corrected chi connectivity index (χ3v) is 2.61. The van der Waals surface area contributed by atoms with Gasteiger partial charge in [-0.15, -0.1) is 0 Å². The molecule has 0 aliphatic heterocycles. The number of rotatable bonds is 1. The molecule has 1 aromatic carbocycles. The fourth-order valence-electron chi connectivity index (χ4n) is 1.52. The Morgan fingerprint density at radius 1 is 1.47 bits per heavy atom. The van der Waals surface area contributed by atoms with Crippen molar-refractivity contribution < 1.29 is 9.18 Å². The molecule has 0 atom stereocenters. The number of pyridine rings is 1. The molecular formula is C11H7ClFNO. The van der Waals surface area contributed by atoms with Crippen molar-refractivity contribution in [3.63, 3.8) is 0 Å². The van der Waals surface area contributed by atoms with Gasteiger partial charge in [0.05, 0.1) is 11.1 Å². The number of aryl methyl sites for hydroxylation is 1. The fraction of sp³-hybridized carbons (Fsp3) is 0.0909. The van der Waals surface area contributed by atoms with E-state index in [9.17, 15) is 9.18 Å². The number of fused-ring (bicyclic) bond motifs is 1. The molecule has 0 saturated carbocycles. The Balaban J connectivity index is 2.90. The molecule has 0 aliphatic carbocycles. The zero-order valence-electron chi connectivity index (χ0n) is 7.92. The Morgan fingerprint density at radius 2 is 2.20 bits per heavy atom. The van der Waals surface area contributed by atoms with Crippen molar-refractivity contribution in [2.24, 2.45) is 0 Å². The molecule has 1 aromatic heterocycles. The zero-order valence-corrected chi connectivity index (χ0v) is 8.68. The summed E-state index contributed by atoms with van der Waals surface area (Å²) in [5.74, 6) is -0.371. The van der Waals surface area contributed by atoms with E-state index in [1.807, 2.05) is 0 Å². The van der Waals surface area contributed by atoms with Gasteiger partial charge in [-0.2, -0.15) is 0 Å². The molecule has 0 spiro atoms. The number of carbonyl (C=O) groups is 1. The first-order valence-corrected chi connectivity index (χ1v) is 4.72. The zero-order chi connectivity index (χ0) is 11.0. The number of benzene rings is 1. The summed E-state index contributed by atoms with van der Waals surface area (Å²) in [4.78, 5) is 14.7. The largest absolute Gasteiger partial charge is 0.298 e. The summed E-state index contributed by atoms with van der Waals surface area (Å²) in [6.45, 7) is 1.76. The minimum atomic E-state index is -0.371. The Bertz CT molecular complexity index is 554. The Labute approximate surface area is 90.7 Å². The van der Waals surface area contributed by atoms with Gasteiger partial charge >= 0.3 is 0 Å². The molecule has 0 N–H and O–H groups in total. The Morgan fingerprint density at radius 3 is 2.87 bits per heavy atom. The number of aromatic nitrogens is 1. The SMILES string of the molecule is Cc1c(C=O)c(Cl)nc2cc(F)ccc12. The standard InChI is InChI=1S/C11H7ClFNO/c1-6-8-3-2-7(13)4-10(8)14-11(12)9(6)5-15/h2-5H,1H3. The average molecular weight is 224 g/mol. The minimum absolute atomic E-state index is 0.112. The van der Waals surface area contributed by atoms with E-state index in [4.69, 9.17) is 11.6 Å². The fourth-order valence-corrected chi connectivity index (χ4v) is 1.79. The van der Waals surface area contributed by atoms with Crippen LogP contribution in [0.2, 0.25) is 5.15 Å². The van der Waals surface area contributed by atoms with Crippen LogP contribution in [-0.4, -0.2) is 11.3 Å². The lowest BCUT2D eigenvalue weighted by atomic mass is 10.1. The van der Waals surface area contributed by atoms with Crippen molar-refractivity contribution in [1.29, 1.82) is 0 Å². The molecule has 1 heterocycles. The van der Waals surface area contributed by atoms with Crippen molar-refractivity contribution in [2.75, 3.05) is 0 Å². The molecule has 0 fully saturated rings. The highest BCUT2D eigenvalue weighted by molar-refractivity contribution is 6.32. The molecule has 15 heavy (non-hydrogen) atoms. The van der Waals surface area contributed by atoms with Crippen molar-refractivity contribution >= 4 is 28.8 Å². The second kappa shape index (κ2) is 3.59. The third kappa shape index (κ3) is 1.59. The van der Waals surface area contributed by atoms with E-state index in [0.717, 1.165) is 10.9 Å². The van der Waals surface area contributed by atoms with E-state index in [1.165, 1.54) is 12.1 Å². The van der Waals surface area contributed by atoms with Gasteiger partial charge in [0.25, 0.3) is 0 Å². The van der Waals surface area contributed by atoms with E-state index in [2.05, 4.69) is 4.98 Å². The summed E-state index contributed by atoms with van der Waals surface area (Å²) in [5, 5.41) is 0.850. The molecule has 0 bridgehead atoms. The summed E-state index contributed by atoms with van der Waals surface area (Å²) < 4.78 is 12.9. The topological polar surface area (TPSA) is 30.0 Å². The molecule has 2 aromatic rings. The lowest BCUT2D eigenvalue weighted by molar-refractivity contribution is 0.112. The predicted molar refractivity (Wildman–Crippen MR) is 56.8 cm³/mol. The van der Waals surface area contributed by atoms with Crippen LogP contribution >= 0.6 is 11.6 Å². The van der Waals surface area contributed by atoms with E-state index >= 15 is 0 Å². The molecule has 2 nitrogen and oxygen atoms in total. The van der Waals surface area contributed by atoms with Crippen LogP contribution in [-0.2, 0) is 0 Å². The molecule has 0 amide bonds. The third-order valence-electron chi connectivity index (χ3n) is 2.33. The van der Waals surface area contributed by atoms with Crippen LogP contribution in [0.4, 0.5) is 4.39 Å². The van der Waals surface area contributed by atoms with Crippen LogP contribution in [0.3, 0.4) is 0 Å². The maximum Gasteiger partial charge on any atom is 0.153 e. The second-order valence-electron chi connectivity index (χ2n) is 3.22. The molecular weight excluding hydrogens is 217 g/mol. The van der Waals surface area contributed by atoms with Gasteiger partial charge in [0.15, 0.2) is 6.29 Å². The monoisotopic (exact) mass is 223 g/mol. The molecule has 76 valence electrons. The summed E-state index contributed by atoms with van der Waals surface area (Å²) in [6, 6.07) is 4.22. The maximum absolute atomic E-state index is 12.9. The van der Waals surface area contributed by atoms with Crippen LogP contribution in [0.25, 0.3) is 10.9 Å². The number of hydrogen-bond donors (Lipinski definition) is 0. The van der Waals surface area contributed by atoms with Gasteiger partial charge in [-0.25, -0.2) is 9.37 Å². The second-order valence-corrected chi connectivity index (χ2v) is 3.58. The lowest BCUT2D eigenvalue weighted by Gasteiger charge is -2.05. The molecule has 0 saturated heterocycles. The van der Waals surface area contributed by atoms with Gasteiger partial charge in [-0.05, 0) is 24.6 Å². The highest BCUT2D eigenvalue weighted by atomic mass is 35.5. The highest BCUT2D eigenvalue weighted by Crippen LogP contribution is 2.24. The number of nitrogens with zero attached hydrogens (tertiary/aromatic N) is 1. The van der Waals surface area contributed by atoms with Crippen LogP contribution in [0.15, 0.2) is 18.2 Å². The smallest absolute Gasteiger partial charge is 0.153 e. The number of aldehydes is 1. The van der Waals surface area contributed by atoms with Crippen molar-refractivity contribution in [3.8, 4) is 0 Å². The van der Waals surface area contributed by atoms with Crippen LogP contribution in [0.1, 0.15) is 15.9 Å². The van der Waals surface area contributed by atoms with Gasteiger partial charge in [0.2, 0.25) is 0 Å². The summed E-state index contributed by atoms with van der Waals surface area (Å²) >= 11 is 5.80. The van der Waals surface area contributed by atoms with Gasteiger partial charge < -0.3 is 0 Å². The average Bonchev–Trinajstić information content (AvgIpc) is 2.17. The van der Waals surface area contributed by atoms with Crippen molar-refractivity contribution in [2.45, 2.75) is 6.92 Å². The maximum atomic E-state index is 12.9. The van der Waals surface area contributed by atoms with Crippen LogP contribution in [0.5, 0.6) is 0 Å². The number of carbonyl (C=O) groups excluding carboxylic acids is 1. The van der Waals surface area contributed by atoms with Gasteiger partial charge in [0, 0.05) is 11.5 Å². The number of hydrogen-bond acceptors (Lipinski definition) is 2. The van der Waals surface area contributed by atoms with Gasteiger partial charge in [0.1, 0.15) is 11.0 Å². The quantitative estimate of drug-likeness (QED) is 0.549. The molecule has 2 rings (SSSR count). The summed E-state index contributed by atoms with van der Waals surface area (Å²) in [7, 11) is 0. The van der Waals surface area contributed by atoms with Crippen molar-refractivity contribution in [3.05, 3.63) is 40.3 Å². The minimum Gasteiger partial charge on any atom is -0.298 e. The first-order chi connectivity index (χ1) is 7.13. The normalized spacial score (nSPS) is 10.6. The Hall–Kier alpha value is -1.48. The predicted octanol–water partition coefficient (Wildman–Crippen LogP) is 3.15. The first kappa shape index (κ1) is 10.1. The van der Waals surface area contributed by atoms with Crippen LogP contribution < -0.4 is 0 Å². The van der Waals surface area contributed by atoms with Gasteiger partial charge in [-0.1, -0.05) is 11.6 Å². The van der Waals surface area contributed by atoms with E-state index in [1.54, 1.807) is 13.0 Å². The highest BCUT2D eigenvalue weighted by Gasteiger charge is 2.09. The van der Waals surface area contributed by atoms with E-state index in [-0.39, 0.29) is 11.0 Å². The van der Waals surface area contributed by atoms with Crippen LogP contribution in [0, 0.1) is 12.7 Å². The van der Waals surface area contributed by atoms with E-state index < -0.39 is 0 Å². The number of halogens is 2. The first-order valence-electron chi connectivity index (χ1n) is 4.34. The summed E-state index contributed by atoms with van der Waals surface area (Å²) in [6.07, 6.45) is 0.660. The molecule has 0 unspecified atom stereocenters. The summed E-state index contributed by atoms with van der Waals surface area (Å²) in [5.41, 5.74) is 1.54. The van der Waals surface area contributed by atoms with E-state index in [0.29, 0.717) is 17.4 Å². The lowest BCUT2D eigenvalue weighted by Crippen LogP contribution is -1.94. The molecule has 0 aliphatic rings. The molecule has 0 radical (unpaired) electrons. The Kier molecular flexibility index (Phi) is 2.40.